The lowest BCUT2D eigenvalue weighted by molar-refractivity contribution is -0.209. The molecule has 0 aromatic heterocycles. The number of para-hydroxylation sites is 1. The molecule has 1 aliphatic heterocycles. The molecule has 2 atom stereocenters. The summed E-state index contributed by atoms with van der Waals surface area (Å²) in [4.78, 5) is 2.32. The molecule has 1 aliphatic carbocycles. The summed E-state index contributed by atoms with van der Waals surface area (Å²) in [6, 6.07) is 6.49. The van der Waals surface area contributed by atoms with E-state index in [4.69, 9.17) is 9.47 Å². The number of halogens is 1. The minimum atomic E-state index is -0.317. The maximum atomic E-state index is 13.5. The first-order chi connectivity index (χ1) is 11.2. The molecule has 23 heavy (non-hydrogen) atoms. The van der Waals surface area contributed by atoms with E-state index in [1.54, 1.807) is 18.2 Å². The van der Waals surface area contributed by atoms with Gasteiger partial charge in [0.25, 0.3) is 0 Å². The number of piperidine rings is 1. The van der Waals surface area contributed by atoms with E-state index < -0.39 is 0 Å². The highest BCUT2D eigenvalue weighted by molar-refractivity contribution is 5.23. The Morgan fingerprint density at radius 3 is 2.70 bits per heavy atom. The lowest BCUT2D eigenvalue weighted by Gasteiger charge is -2.56. The molecule has 2 unspecified atom stereocenters. The average Bonchev–Trinajstić information content (AvgIpc) is 2.57. The molecular weight excluding hydrogens is 297 g/mol. The first-order valence-corrected chi connectivity index (χ1v) is 8.55. The Balaban J connectivity index is 1.44. The summed E-state index contributed by atoms with van der Waals surface area (Å²) in [5, 5.41) is 10.2. The summed E-state index contributed by atoms with van der Waals surface area (Å²) in [6.45, 7) is 5.83. The van der Waals surface area contributed by atoms with E-state index in [1.165, 1.54) is 6.07 Å². The molecule has 1 saturated carbocycles. The van der Waals surface area contributed by atoms with E-state index in [9.17, 15) is 9.50 Å². The Hall–Kier alpha value is -1.17. The minimum absolute atomic E-state index is 0.0428. The fraction of sp³-hybridized carbons (Fsp3) is 0.667. The van der Waals surface area contributed by atoms with Gasteiger partial charge in [-0.3, -0.25) is 4.90 Å². The number of aliphatic hydroxyl groups is 1. The van der Waals surface area contributed by atoms with Crippen LogP contribution in [0.5, 0.6) is 5.75 Å². The number of nitrogens with zero attached hydrogens (tertiary/aromatic N) is 1. The van der Waals surface area contributed by atoms with Gasteiger partial charge in [-0.1, -0.05) is 12.1 Å². The summed E-state index contributed by atoms with van der Waals surface area (Å²) in [5.74, 6) is -0.00551. The third kappa shape index (κ3) is 3.37. The van der Waals surface area contributed by atoms with Crippen LogP contribution in [-0.4, -0.2) is 55.1 Å². The molecule has 2 aliphatic rings. The molecule has 1 spiro atoms. The maximum Gasteiger partial charge on any atom is 0.165 e. The van der Waals surface area contributed by atoms with Crippen molar-refractivity contribution in [2.24, 2.45) is 5.41 Å². The molecular formula is C18H26FNO3. The van der Waals surface area contributed by atoms with E-state index in [0.717, 1.165) is 38.9 Å². The van der Waals surface area contributed by atoms with Crippen molar-refractivity contribution in [2.75, 3.05) is 32.8 Å². The van der Waals surface area contributed by atoms with E-state index >= 15 is 0 Å². The quantitative estimate of drug-likeness (QED) is 0.873. The van der Waals surface area contributed by atoms with E-state index in [0.29, 0.717) is 19.0 Å². The lowest BCUT2D eigenvalue weighted by Crippen LogP contribution is -2.62. The minimum Gasteiger partial charge on any atom is -0.489 e. The molecule has 128 valence electrons. The van der Waals surface area contributed by atoms with E-state index in [-0.39, 0.29) is 23.4 Å². The largest absolute Gasteiger partial charge is 0.489 e. The Labute approximate surface area is 137 Å². The van der Waals surface area contributed by atoms with E-state index in [1.807, 2.05) is 6.92 Å². The van der Waals surface area contributed by atoms with Gasteiger partial charge in [0.1, 0.15) is 6.61 Å². The molecule has 2 fully saturated rings. The van der Waals surface area contributed by atoms with Gasteiger partial charge < -0.3 is 14.6 Å². The standard InChI is InChI=1S/C18H26FNO3/c1-2-22-17-13-16(21)18(17)7-9-20(10-8-18)11-12-23-15-6-4-3-5-14(15)19/h3-6,16-17,21H,2,7-13H2,1H3. The van der Waals surface area contributed by atoms with Crippen LogP contribution < -0.4 is 4.74 Å². The number of hydrogen-bond donors (Lipinski definition) is 1. The highest BCUT2D eigenvalue weighted by Crippen LogP contribution is 2.50. The van der Waals surface area contributed by atoms with Gasteiger partial charge in [-0.25, -0.2) is 4.39 Å². The van der Waals surface area contributed by atoms with Crippen LogP contribution in [0, 0.1) is 11.2 Å². The van der Waals surface area contributed by atoms with Gasteiger partial charge in [-0.05, 0) is 45.0 Å². The number of hydrogen-bond acceptors (Lipinski definition) is 4. The highest BCUT2D eigenvalue weighted by atomic mass is 19.1. The van der Waals surface area contributed by atoms with Crippen molar-refractivity contribution in [1.82, 2.24) is 4.90 Å². The van der Waals surface area contributed by atoms with Crippen LogP contribution in [-0.2, 0) is 4.74 Å². The fourth-order valence-corrected chi connectivity index (χ4v) is 3.86. The van der Waals surface area contributed by atoms with Gasteiger partial charge in [-0.15, -0.1) is 0 Å². The number of likely N-dealkylation sites (tertiary alicyclic amines) is 1. The summed E-state index contributed by atoms with van der Waals surface area (Å²) < 4.78 is 24.8. The first-order valence-electron chi connectivity index (χ1n) is 8.55. The molecule has 1 aromatic rings. The van der Waals surface area contributed by atoms with Crippen LogP contribution in [0.3, 0.4) is 0 Å². The first kappa shape index (κ1) is 16.7. The van der Waals surface area contributed by atoms with Crippen LogP contribution in [0.15, 0.2) is 24.3 Å². The smallest absolute Gasteiger partial charge is 0.165 e. The van der Waals surface area contributed by atoms with Gasteiger partial charge in [0.2, 0.25) is 0 Å². The van der Waals surface area contributed by atoms with Crippen molar-refractivity contribution in [3.8, 4) is 5.75 Å². The Kier molecular flexibility index (Phi) is 5.19. The average molecular weight is 323 g/mol. The molecule has 1 aromatic carbocycles. The van der Waals surface area contributed by atoms with Crippen LogP contribution >= 0.6 is 0 Å². The molecule has 1 heterocycles. The number of rotatable bonds is 6. The zero-order chi connectivity index (χ0) is 16.3. The summed E-state index contributed by atoms with van der Waals surface area (Å²) in [7, 11) is 0. The molecule has 0 amide bonds. The van der Waals surface area contributed by atoms with Crippen LogP contribution in [0.25, 0.3) is 0 Å². The summed E-state index contributed by atoms with van der Waals surface area (Å²) >= 11 is 0. The fourth-order valence-electron chi connectivity index (χ4n) is 3.86. The highest BCUT2D eigenvalue weighted by Gasteiger charge is 2.55. The van der Waals surface area contributed by atoms with Crippen LogP contribution in [0.4, 0.5) is 4.39 Å². The number of ether oxygens (including phenoxy) is 2. The molecule has 0 radical (unpaired) electrons. The third-order valence-electron chi connectivity index (χ3n) is 5.40. The lowest BCUT2D eigenvalue weighted by atomic mass is 9.58. The van der Waals surface area contributed by atoms with Crippen LogP contribution in [0.2, 0.25) is 0 Å². The van der Waals surface area contributed by atoms with Gasteiger partial charge in [0.05, 0.1) is 12.2 Å². The van der Waals surface area contributed by atoms with Crippen molar-refractivity contribution in [1.29, 1.82) is 0 Å². The summed E-state index contributed by atoms with van der Waals surface area (Å²) in [5.41, 5.74) is -0.0428. The summed E-state index contributed by atoms with van der Waals surface area (Å²) in [6.07, 6.45) is 2.66. The second kappa shape index (κ2) is 7.16. The van der Waals surface area contributed by atoms with Gasteiger partial charge in [0.15, 0.2) is 11.6 Å². The molecule has 4 nitrogen and oxygen atoms in total. The second-order valence-corrected chi connectivity index (χ2v) is 6.55. The zero-order valence-corrected chi connectivity index (χ0v) is 13.7. The monoisotopic (exact) mass is 323 g/mol. The zero-order valence-electron chi connectivity index (χ0n) is 13.7. The predicted octanol–water partition coefficient (Wildman–Crippen LogP) is 2.46. The predicted molar refractivity (Wildman–Crippen MR) is 86.0 cm³/mol. The Bertz CT molecular complexity index is 515. The molecule has 1 saturated heterocycles. The Morgan fingerprint density at radius 2 is 2.04 bits per heavy atom. The Morgan fingerprint density at radius 1 is 1.30 bits per heavy atom. The van der Waals surface area contributed by atoms with Crippen LogP contribution in [0.1, 0.15) is 26.2 Å². The van der Waals surface area contributed by atoms with Crippen molar-refractivity contribution in [2.45, 2.75) is 38.4 Å². The molecule has 1 N–H and O–H groups in total. The molecule has 0 bridgehead atoms. The van der Waals surface area contributed by atoms with Crippen molar-refractivity contribution in [3.63, 3.8) is 0 Å². The van der Waals surface area contributed by atoms with Crippen molar-refractivity contribution >= 4 is 0 Å². The number of benzene rings is 1. The van der Waals surface area contributed by atoms with Gasteiger partial charge in [0, 0.05) is 25.0 Å². The maximum absolute atomic E-state index is 13.5. The van der Waals surface area contributed by atoms with Crippen molar-refractivity contribution < 1.29 is 19.0 Å². The van der Waals surface area contributed by atoms with Gasteiger partial charge in [-0.2, -0.15) is 0 Å². The normalized spacial score (nSPS) is 26.9. The van der Waals surface area contributed by atoms with Gasteiger partial charge >= 0.3 is 0 Å². The van der Waals surface area contributed by atoms with Crippen molar-refractivity contribution in [3.05, 3.63) is 30.1 Å². The number of aliphatic hydroxyl groups excluding tert-OH is 1. The molecule has 5 heteroatoms. The molecule has 3 rings (SSSR count). The van der Waals surface area contributed by atoms with E-state index in [2.05, 4.69) is 4.90 Å². The second-order valence-electron chi connectivity index (χ2n) is 6.55. The SMILES string of the molecule is CCOC1CC(O)C12CCN(CCOc1ccccc1F)CC2. The third-order valence-corrected chi connectivity index (χ3v) is 5.40. The topological polar surface area (TPSA) is 41.9 Å².